The largest absolute Gasteiger partial charge is 0.488 e. The van der Waals surface area contributed by atoms with Gasteiger partial charge in [0.05, 0.1) is 11.2 Å². The van der Waals surface area contributed by atoms with E-state index in [2.05, 4.69) is 3.97 Å². The average molecular weight is 414 g/mol. The molecule has 144 valence electrons. The fourth-order valence-corrected chi connectivity index (χ4v) is 7.86. The van der Waals surface area contributed by atoms with Crippen molar-refractivity contribution >= 4 is 28.0 Å². The molecule has 4 bridgehead atoms. The molecule has 0 aliphatic heterocycles. The minimum absolute atomic E-state index is 0.00324. The summed E-state index contributed by atoms with van der Waals surface area (Å²) in [5, 5.41) is 0. The molecule has 2 N–H and O–H groups in total. The molecule has 4 aliphatic rings. The number of rotatable bonds is 8. The minimum atomic E-state index is -4.75. The summed E-state index contributed by atoms with van der Waals surface area (Å²) in [6.07, 6.45) is 9.09. The van der Waals surface area contributed by atoms with Crippen LogP contribution in [-0.4, -0.2) is 21.0 Å². The molecule has 0 heterocycles. The van der Waals surface area contributed by atoms with Crippen LogP contribution in [-0.2, 0) is 26.1 Å². The van der Waals surface area contributed by atoms with Crippen molar-refractivity contribution < 1.29 is 35.9 Å². The van der Waals surface area contributed by atoms with Crippen molar-refractivity contribution in [3.05, 3.63) is 0 Å². The van der Waals surface area contributed by atoms with E-state index < -0.39 is 26.8 Å². The molecule has 0 atom stereocenters. The topological polar surface area (TPSA) is 112 Å². The number of phosphoric ester groups is 1. The van der Waals surface area contributed by atoms with Gasteiger partial charge in [-0.15, -0.1) is 0 Å². The first-order chi connectivity index (χ1) is 11.7. The fourth-order valence-electron chi connectivity index (χ4n) is 5.15. The maximum Gasteiger partial charge on any atom is 0.488 e. The molecule has 0 radical (unpaired) electrons. The molecule has 4 fully saturated rings. The average Bonchev–Trinajstić information content (AvgIpc) is 3.24. The first kappa shape index (κ1) is 18.9. The van der Waals surface area contributed by atoms with Gasteiger partial charge in [0.25, 0.3) is 0 Å². The van der Waals surface area contributed by atoms with Gasteiger partial charge < -0.3 is 9.79 Å². The zero-order valence-electron chi connectivity index (χ0n) is 13.9. The van der Waals surface area contributed by atoms with Crippen LogP contribution in [0, 0.1) is 11.8 Å². The van der Waals surface area contributed by atoms with Gasteiger partial charge in [0, 0.05) is 0 Å². The van der Waals surface area contributed by atoms with Crippen LogP contribution < -0.4 is 0 Å². The van der Waals surface area contributed by atoms with Crippen molar-refractivity contribution in [2.45, 2.75) is 75.4 Å². The Morgan fingerprint density at radius 1 is 0.800 bits per heavy atom. The molecule has 0 aromatic carbocycles. The molecule has 0 aromatic heterocycles. The van der Waals surface area contributed by atoms with Gasteiger partial charge in [-0.25, -0.2) is 9.13 Å². The highest BCUT2D eigenvalue weighted by atomic mass is 32.2. The molecule has 0 amide bonds. The fraction of sp³-hybridized carbons (Fsp3) is 1.00. The summed E-state index contributed by atoms with van der Waals surface area (Å²) in [7, 11) is -8.77. The summed E-state index contributed by atoms with van der Waals surface area (Å²) in [6, 6.07) is 0. The van der Waals surface area contributed by atoms with Gasteiger partial charge in [0.15, 0.2) is 12.3 Å². The van der Waals surface area contributed by atoms with Crippen molar-refractivity contribution in [1.29, 1.82) is 0 Å². The normalized spacial score (nSPS) is 42.2. The second-order valence-corrected chi connectivity index (χ2v) is 11.6. The predicted octanol–water partition coefficient (Wildman–Crippen LogP) is 4.48. The van der Waals surface area contributed by atoms with Crippen LogP contribution in [0.15, 0.2) is 0 Å². The van der Waals surface area contributed by atoms with E-state index in [1.165, 1.54) is 0 Å². The standard InChI is InChI=1S/C14H24O8P2S/c15-23(16,17)21-25-22-24(18,19-13-5-1-11(9-13)2-6-13)20-14-7-3-12(10-14)4-8-14/h11-12H,1-10H2,(H2,15,16,17). The van der Waals surface area contributed by atoms with Gasteiger partial charge >= 0.3 is 15.6 Å². The molecule has 0 saturated heterocycles. The second kappa shape index (κ2) is 6.57. The van der Waals surface area contributed by atoms with E-state index >= 15 is 0 Å². The third kappa shape index (κ3) is 4.20. The minimum Gasteiger partial charge on any atom is -0.302 e. The van der Waals surface area contributed by atoms with E-state index in [0.29, 0.717) is 11.8 Å². The number of fused-ring (bicyclic) bond motifs is 4. The Hall–Kier alpha value is 0.570. The highest BCUT2D eigenvalue weighted by Gasteiger charge is 2.55. The molecule has 0 spiro atoms. The van der Waals surface area contributed by atoms with Gasteiger partial charge in [-0.1, -0.05) is 0 Å². The monoisotopic (exact) mass is 414 g/mol. The van der Waals surface area contributed by atoms with Crippen LogP contribution in [0.2, 0.25) is 0 Å². The van der Waals surface area contributed by atoms with Crippen molar-refractivity contribution in [2.24, 2.45) is 11.8 Å². The molecule has 4 rings (SSSR count). The SMILES string of the molecule is O=P(O)(O)OSOP(=O)(OC12CCC(CC1)C2)OC12CCC(CC1)C2. The highest BCUT2D eigenvalue weighted by molar-refractivity contribution is 7.96. The lowest BCUT2D eigenvalue weighted by atomic mass is 9.98. The smallest absolute Gasteiger partial charge is 0.302 e. The zero-order chi connectivity index (χ0) is 17.8. The third-order valence-corrected chi connectivity index (χ3v) is 9.43. The molecule has 4 saturated carbocycles. The van der Waals surface area contributed by atoms with E-state index in [9.17, 15) is 9.13 Å². The number of phosphoric acid groups is 2. The van der Waals surface area contributed by atoms with Crippen LogP contribution in [0.25, 0.3) is 0 Å². The van der Waals surface area contributed by atoms with Gasteiger partial charge in [-0.2, -0.15) is 7.94 Å². The van der Waals surface area contributed by atoms with Crippen molar-refractivity contribution in [2.75, 3.05) is 0 Å². The van der Waals surface area contributed by atoms with E-state index in [1.807, 2.05) is 0 Å². The van der Waals surface area contributed by atoms with Crippen molar-refractivity contribution in [3.63, 3.8) is 0 Å². The van der Waals surface area contributed by atoms with Gasteiger partial charge in [-0.05, 0) is 76.0 Å². The first-order valence-corrected chi connectivity index (χ1v) is 12.5. The molecule has 25 heavy (non-hydrogen) atoms. The Balaban J connectivity index is 1.48. The van der Waals surface area contributed by atoms with Crippen molar-refractivity contribution in [3.8, 4) is 0 Å². The first-order valence-electron chi connectivity index (χ1n) is 8.81. The summed E-state index contributed by atoms with van der Waals surface area (Å²) in [5.74, 6) is 1.18. The Bertz CT molecular complexity index is 570. The summed E-state index contributed by atoms with van der Waals surface area (Å²) in [5.41, 5.74) is -1.01. The summed E-state index contributed by atoms with van der Waals surface area (Å²) in [4.78, 5) is 17.6. The molecular weight excluding hydrogens is 390 g/mol. The second-order valence-electron chi connectivity index (χ2n) is 8.00. The van der Waals surface area contributed by atoms with E-state index in [1.54, 1.807) is 0 Å². The molecular formula is C14H24O8P2S. The Morgan fingerprint density at radius 3 is 1.56 bits per heavy atom. The molecule has 4 aliphatic carbocycles. The predicted molar refractivity (Wildman–Crippen MR) is 90.2 cm³/mol. The summed E-state index contributed by atoms with van der Waals surface area (Å²) in [6.45, 7) is 0. The molecule has 0 unspecified atom stereocenters. The Labute approximate surface area is 151 Å². The van der Waals surface area contributed by atoms with Crippen LogP contribution in [0.4, 0.5) is 0 Å². The van der Waals surface area contributed by atoms with Crippen molar-refractivity contribution in [1.82, 2.24) is 0 Å². The lowest BCUT2D eigenvalue weighted by molar-refractivity contribution is -0.0121. The van der Waals surface area contributed by atoms with Gasteiger partial charge in [0.2, 0.25) is 0 Å². The quantitative estimate of drug-likeness (QED) is 0.438. The number of hydrogen-bond acceptors (Lipinski definition) is 7. The Kier molecular flexibility index (Phi) is 4.97. The summed E-state index contributed by atoms with van der Waals surface area (Å²) < 4.78 is 45.5. The molecule has 0 aromatic rings. The third-order valence-electron chi connectivity index (χ3n) is 6.21. The van der Waals surface area contributed by atoms with E-state index in [4.69, 9.17) is 22.8 Å². The van der Waals surface area contributed by atoms with Gasteiger partial charge in [0.1, 0.15) is 0 Å². The Morgan fingerprint density at radius 2 is 1.24 bits per heavy atom. The van der Waals surface area contributed by atoms with Crippen LogP contribution >= 0.6 is 28.0 Å². The molecule has 11 heteroatoms. The maximum absolute atomic E-state index is 13.4. The maximum atomic E-state index is 13.4. The van der Waals surface area contributed by atoms with E-state index in [0.717, 1.165) is 64.2 Å². The highest BCUT2D eigenvalue weighted by Crippen LogP contribution is 2.67. The summed E-state index contributed by atoms with van der Waals surface area (Å²) >= 11 is 0.00324. The lowest BCUT2D eigenvalue weighted by Gasteiger charge is -2.35. The van der Waals surface area contributed by atoms with Crippen LogP contribution in [0.1, 0.15) is 64.2 Å². The van der Waals surface area contributed by atoms with E-state index in [-0.39, 0.29) is 12.3 Å². The molecule has 8 nitrogen and oxygen atoms in total. The van der Waals surface area contributed by atoms with Crippen LogP contribution in [0.5, 0.6) is 0 Å². The zero-order valence-corrected chi connectivity index (χ0v) is 16.5. The lowest BCUT2D eigenvalue weighted by Crippen LogP contribution is -2.30. The van der Waals surface area contributed by atoms with Gasteiger partial charge in [-0.3, -0.25) is 9.05 Å². The van der Waals surface area contributed by atoms with Crippen LogP contribution in [0.3, 0.4) is 0 Å². The number of hydrogen-bond donors (Lipinski definition) is 2.